The van der Waals surface area contributed by atoms with Gasteiger partial charge in [-0.1, -0.05) is 12.1 Å². The third-order valence-corrected chi connectivity index (χ3v) is 4.61. The number of rotatable bonds is 8. The molecule has 0 atom stereocenters. The topological polar surface area (TPSA) is 99.4 Å². The average Bonchev–Trinajstić information content (AvgIpc) is 3.28. The van der Waals surface area contributed by atoms with Gasteiger partial charge in [0.15, 0.2) is 0 Å². The molecular weight excluding hydrogens is 377 g/mol. The van der Waals surface area contributed by atoms with E-state index in [1.807, 2.05) is 6.07 Å². The van der Waals surface area contributed by atoms with Gasteiger partial charge in [-0.05, 0) is 38.0 Å². The predicted molar refractivity (Wildman–Crippen MR) is 104 cm³/mol. The van der Waals surface area contributed by atoms with E-state index in [9.17, 15) is 14.0 Å². The number of nitrogens with one attached hydrogen (secondary N) is 1. The fourth-order valence-electron chi connectivity index (χ4n) is 3.14. The maximum Gasteiger partial charge on any atom is 0.311 e. The molecule has 0 radical (unpaired) electrons. The number of benzene rings is 1. The van der Waals surface area contributed by atoms with Gasteiger partial charge < -0.3 is 14.4 Å². The highest BCUT2D eigenvalue weighted by molar-refractivity contribution is 5.97. The van der Waals surface area contributed by atoms with Crippen LogP contribution in [0.4, 0.5) is 4.39 Å². The molecule has 0 aliphatic heterocycles. The van der Waals surface area contributed by atoms with Crippen molar-refractivity contribution in [1.29, 1.82) is 0 Å². The summed E-state index contributed by atoms with van der Waals surface area (Å²) in [4.78, 5) is 25.2. The number of nitrogens with zero attached hydrogens (tertiary/aromatic N) is 2. The van der Waals surface area contributed by atoms with Crippen molar-refractivity contribution < 1.29 is 23.5 Å². The lowest BCUT2D eigenvalue weighted by Gasteiger charge is -2.17. The van der Waals surface area contributed by atoms with E-state index in [1.165, 1.54) is 18.4 Å². The number of aryl methyl sites for hydroxylation is 2. The van der Waals surface area contributed by atoms with Crippen molar-refractivity contribution >= 4 is 11.9 Å². The second-order valence-corrected chi connectivity index (χ2v) is 6.91. The Morgan fingerprint density at radius 3 is 2.83 bits per heavy atom. The molecule has 2 heterocycles. The Balaban J connectivity index is 1.58. The van der Waals surface area contributed by atoms with Gasteiger partial charge in [-0.25, -0.2) is 4.39 Å². The van der Waals surface area contributed by atoms with Crippen LogP contribution in [0.1, 0.15) is 33.8 Å². The van der Waals surface area contributed by atoms with E-state index in [-0.39, 0.29) is 23.9 Å². The molecule has 0 saturated carbocycles. The van der Waals surface area contributed by atoms with Crippen molar-refractivity contribution in [3.63, 3.8) is 0 Å². The first-order chi connectivity index (χ1) is 13.8. The minimum atomic E-state index is -1.05. The average molecular weight is 399 g/mol. The number of carbonyl (C=O) groups is 2. The molecular formula is C21H22FN3O4. The molecule has 1 aromatic carbocycles. The monoisotopic (exact) mass is 399 g/mol. The predicted octanol–water partition coefficient (Wildman–Crippen LogP) is 3.45. The smallest absolute Gasteiger partial charge is 0.311 e. The van der Waals surface area contributed by atoms with Gasteiger partial charge in [0, 0.05) is 30.4 Å². The van der Waals surface area contributed by atoms with E-state index < -0.39 is 5.97 Å². The summed E-state index contributed by atoms with van der Waals surface area (Å²) in [6, 6.07) is 8.09. The van der Waals surface area contributed by atoms with Gasteiger partial charge in [-0.3, -0.25) is 14.7 Å². The molecule has 0 aliphatic carbocycles. The molecule has 0 aliphatic rings. The molecule has 0 fully saturated rings. The fraction of sp³-hybridized carbons (Fsp3) is 0.286. The maximum atomic E-state index is 13.4. The highest BCUT2D eigenvalue weighted by Gasteiger charge is 2.23. The second-order valence-electron chi connectivity index (χ2n) is 6.91. The fourth-order valence-corrected chi connectivity index (χ4v) is 3.14. The molecule has 1 amide bonds. The SMILES string of the molecule is Cc1coc(CC(=O)O)c1C(=O)N(C)CCCc1cc(-c2cccc(F)c2)n[nH]1. The van der Waals surface area contributed by atoms with Crippen LogP contribution in [-0.2, 0) is 17.6 Å². The van der Waals surface area contributed by atoms with Crippen molar-refractivity contribution in [2.45, 2.75) is 26.2 Å². The quantitative estimate of drug-likeness (QED) is 0.604. The number of aromatic amines is 1. The van der Waals surface area contributed by atoms with Crippen molar-refractivity contribution in [2.75, 3.05) is 13.6 Å². The number of hydrogen-bond acceptors (Lipinski definition) is 4. The highest BCUT2D eigenvalue weighted by atomic mass is 19.1. The number of H-pyrrole nitrogens is 1. The summed E-state index contributed by atoms with van der Waals surface area (Å²) in [5.41, 5.74) is 3.17. The Kier molecular flexibility index (Phi) is 6.11. The second kappa shape index (κ2) is 8.72. The van der Waals surface area contributed by atoms with Crippen LogP contribution in [0.2, 0.25) is 0 Å². The summed E-state index contributed by atoms with van der Waals surface area (Å²) >= 11 is 0. The normalized spacial score (nSPS) is 10.9. The molecule has 3 rings (SSSR count). The summed E-state index contributed by atoms with van der Waals surface area (Å²) in [5, 5.41) is 16.1. The van der Waals surface area contributed by atoms with E-state index in [0.717, 1.165) is 5.69 Å². The van der Waals surface area contributed by atoms with Crippen LogP contribution < -0.4 is 0 Å². The summed E-state index contributed by atoms with van der Waals surface area (Å²) in [7, 11) is 1.67. The van der Waals surface area contributed by atoms with Crippen LogP contribution in [0.15, 0.2) is 41.0 Å². The molecule has 2 aromatic heterocycles. The van der Waals surface area contributed by atoms with Crippen LogP contribution in [0.5, 0.6) is 0 Å². The summed E-state index contributed by atoms with van der Waals surface area (Å²) < 4.78 is 18.6. The van der Waals surface area contributed by atoms with Gasteiger partial charge in [0.25, 0.3) is 5.91 Å². The van der Waals surface area contributed by atoms with Gasteiger partial charge in [-0.2, -0.15) is 5.10 Å². The number of hydrogen-bond donors (Lipinski definition) is 2. The molecule has 152 valence electrons. The van der Waals surface area contributed by atoms with Crippen molar-refractivity contribution in [3.05, 3.63) is 65.0 Å². The van der Waals surface area contributed by atoms with Gasteiger partial charge in [-0.15, -0.1) is 0 Å². The first-order valence-corrected chi connectivity index (χ1v) is 9.19. The Labute approximate surface area is 167 Å². The van der Waals surface area contributed by atoms with Crippen LogP contribution >= 0.6 is 0 Å². The number of amides is 1. The lowest BCUT2D eigenvalue weighted by atomic mass is 10.1. The highest BCUT2D eigenvalue weighted by Crippen LogP contribution is 2.21. The lowest BCUT2D eigenvalue weighted by molar-refractivity contribution is -0.136. The summed E-state index contributed by atoms with van der Waals surface area (Å²) in [6.45, 7) is 2.19. The van der Waals surface area contributed by atoms with Crippen LogP contribution in [0.3, 0.4) is 0 Å². The number of carboxylic acid groups (broad SMARTS) is 1. The number of aliphatic carboxylic acids is 1. The molecule has 0 bridgehead atoms. The zero-order chi connectivity index (χ0) is 21.0. The van der Waals surface area contributed by atoms with E-state index >= 15 is 0 Å². The number of carboxylic acids is 1. The van der Waals surface area contributed by atoms with Crippen molar-refractivity contribution in [2.24, 2.45) is 0 Å². The molecule has 8 heteroatoms. The number of aromatic nitrogens is 2. The van der Waals surface area contributed by atoms with Gasteiger partial charge in [0.2, 0.25) is 0 Å². The number of carbonyl (C=O) groups excluding carboxylic acids is 1. The first kappa shape index (κ1) is 20.3. The Hall–Kier alpha value is -3.42. The van der Waals surface area contributed by atoms with E-state index in [0.29, 0.717) is 41.8 Å². The lowest BCUT2D eigenvalue weighted by Crippen LogP contribution is -2.29. The standard InChI is InChI=1S/C21H22FN3O4/c1-13-12-29-18(11-19(26)27)20(13)21(28)25(2)8-4-7-16-10-17(24-23-16)14-5-3-6-15(22)9-14/h3,5-6,9-10,12H,4,7-8,11H2,1-2H3,(H,23,24)(H,26,27). The number of halogens is 1. The minimum Gasteiger partial charge on any atom is -0.481 e. The third kappa shape index (κ3) is 4.90. The summed E-state index contributed by atoms with van der Waals surface area (Å²) in [5.74, 6) is -1.47. The molecule has 0 saturated heterocycles. The van der Waals surface area contributed by atoms with Gasteiger partial charge >= 0.3 is 5.97 Å². The van der Waals surface area contributed by atoms with Crippen molar-refractivity contribution in [1.82, 2.24) is 15.1 Å². The van der Waals surface area contributed by atoms with E-state index in [4.69, 9.17) is 9.52 Å². The first-order valence-electron chi connectivity index (χ1n) is 9.19. The van der Waals surface area contributed by atoms with E-state index in [1.54, 1.807) is 31.0 Å². The van der Waals surface area contributed by atoms with Gasteiger partial charge in [0.05, 0.1) is 17.5 Å². The van der Waals surface area contributed by atoms with Crippen LogP contribution in [0.25, 0.3) is 11.3 Å². The molecule has 7 nitrogen and oxygen atoms in total. The zero-order valence-corrected chi connectivity index (χ0v) is 16.2. The molecule has 3 aromatic rings. The molecule has 2 N–H and O–H groups in total. The van der Waals surface area contributed by atoms with Gasteiger partial charge in [0.1, 0.15) is 18.0 Å². The minimum absolute atomic E-state index is 0.167. The summed E-state index contributed by atoms with van der Waals surface area (Å²) in [6.07, 6.45) is 2.40. The third-order valence-electron chi connectivity index (χ3n) is 4.61. The molecule has 0 unspecified atom stereocenters. The molecule has 0 spiro atoms. The Bertz CT molecular complexity index is 1020. The maximum absolute atomic E-state index is 13.4. The largest absolute Gasteiger partial charge is 0.481 e. The van der Waals surface area contributed by atoms with E-state index in [2.05, 4.69) is 10.2 Å². The van der Waals surface area contributed by atoms with Crippen LogP contribution in [0, 0.1) is 12.7 Å². The zero-order valence-electron chi connectivity index (χ0n) is 16.2. The van der Waals surface area contributed by atoms with Crippen molar-refractivity contribution in [3.8, 4) is 11.3 Å². The van der Waals surface area contributed by atoms with Crippen LogP contribution in [-0.4, -0.2) is 45.7 Å². The molecule has 29 heavy (non-hydrogen) atoms. The Morgan fingerprint density at radius 1 is 1.31 bits per heavy atom. The number of furan rings is 1. The Morgan fingerprint density at radius 2 is 2.10 bits per heavy atom.